The number of aryl methyl sites for hydroxylation is 2. The molecule has 1 amide bonds. The van der Waals surface area contributed by atoms with Crippen molar-refractivity contribution in [2.75, 3.05) is 22.3 Å². The number of nitrogens with one attached hydrogen (secondary N) is 1. The average Bonchev–Trinajstić information content (AvgIpc) is 3.00. The molecular weight excluding hydrogens is 410 g/mol. The second-order valence-electron chi connectivity index (χ2n) is 7.62. The number of hydrogen-bond donors (Lipinski definition) is 2. The maximum Gasteiger partial charge on any atom is 0.252 e. The number of amides is 1. The van der Waals surface area contributed by atoms with Crippen LogP contribution >= 0.6 is 12.4 Å². The van der Waals surface area contributed by atoms with E-state index < -0.39 is 10.0 Å². The molecule has 1 aliphatic carbocycles. The fraction of sp³-hybridized carbons (Fsp3) is 0.381. The van der Waals surface area contributed by atoms with Gasteiger partial charge in [-0.15, -0.1) is 12.4 Å². The lowest BCUT2D eigenvalue weighted by Gasteiger charge is -2.27. The smallest absolute Gasteiger partial charge is 0.252 e. The van der Waals surface area contributed by atoms with Gasteiger partial charge in [0, 0.05) is 17.8 Å². The molecule has 3 N–H and O–H groups in total. The zero-order valence-electron chi connectivity index (χ0n) is 16.3. The third kappa shape index (κ3) is 4.21. The summed E-state index contributed by atoms with van der Waals surface area (Å²) in [5.74, 6) is 0.0443. The quantitative estimate of drug-likeness (QED) is 0.723. The Balaban J connectivity index is 0.00000240. The monoisotopic (exact) mass is 435 g/mol. The molecule has 2 aromatic carbocycles. The Morgan fingerprint density at radius 3 is 2.66 bits per heavy atom. The van der Waals surface area contributed by atoms with Crippen LogP contribution in [0.15, 0.2) is 36.4 Å². The largest absolute Gasteiger partial charge is 0.399 e. The minimum atomic E-state index is -3.23. The number of carbonyl (C=O) groups excluding carboxylic acids is 1. The van der Waals surface area contributed by atoms with Gasteiger partial charge in [-0.1, -0.05) is 6.07 Å². The van der Waals surface area contributed by atoms with Gasteiger partial charge in [-0.05, 0) is 79.6 Å². The standard InChI is InChI=1S/C21H25N3O3S.ClH/c1-14-12-17(24-10-3-11-28(24,26)27)7-9-18(14)21(25)23-20-5-2-4-15-13-16(22)6-8-19(15)20;/h6-9,12-13,20H,2-5,10-11,22H2,1H3,(H,23,25);1H. The molecule has 29 heavy (non-hydrogen) atoms. The summed E-state index contributed by atoms with van der Waals surface area (Å²) in [6.45, 7) is 2.34. The Hall–Kier alpha value is -2.25. The number of fused-ring (bicyclic) bond motifs is 1. The SMILES string of the molecule is Cc1cc(N2CCCS2(=O)=O)ccc1C(=O)NC1CCCc2cc(N)ccc21.Cl. The highest BCUT2D eigenvalue weighted by molar-refractivity contribution is 7.93. The maximum atomic E-state index is 12.9. The third-order valence-corrected chi connectivity index (χ3v) is 7.50. The zero-order valence-corrected chi connectivity index (χ0v) is 18.0. The van der Waals surface area contributed by atoms with Gasteiger partial charge in [0.05, 0.1) is 17.5 Å². The van der Waals surface area contributed by atoms with E-state index in [0.717, 1.165) is 36.1 Å². The van der Waals surface area contributed by atoms with Crippen molar-refractivity contribution >= 4 is 39.7 Å². The van der Waals surface area contributed by atoms with E-state index in [0.29, 0.717) is 24.2 Å². The summed E-state index contributed by atoms with van der Waals surface area (Å²) >= 11 is 0. The molecule has 6 nitrogen and oxygen atoms in total. The van der Waals surface area contributed by atoms with E-state index in [1.165, 1.54) is 9.87 Å². The Labute approximate surface area is 177 Å². The van der Waals surface area contributed by atoms with Gasteiger partial charge >= 0.3 is 0 Å². The van der Waals surface area contributed by atoms with E-state index in [9.17, 15) is 13.2 Å². The summed E-state index contributed by atoms with van der Waals surface area (Å²) in [4.78, 5) is 12.9. The Bertz CT molecular complexity index is 1040. The predicted molar refractivity (Wildman–Crippen MR) is 118 cm³/mol. The van der Waals surface area contributed by atoms with Gasteiger partial charge in [-0.25, -0.2) is 8.42 Å². The van der Waals surface area contributed by atoms with E-state index >= 15 is 0 Å². The number of carbonyl (C=O) groups is 1. The summed E-state index contributed by atoms with van der Waals surface area (Å²) in [6.07, 6.45) is 3.51. The second kappa shape index (κ2) is 8.24. The number of benzene rings is 2. The molecule has 8 heteroatoms. The van der Waals surface area contributed by atoms with Gasteiger partial charge < -0.3 is 11.1 Å². The van der Waals surface area contributed by atoms with E-state index in [1.54, 1.807) is 18.2 Å². The van der Waals surface area contributed by atoms with E-state index in [-0.39, 0.29) is 30.1 Å². The number of sulfonamides is 1. The molecule has 1 unspecified atom stereocenters. The second-order valence-corrected chi connectivity index (χ2v) is 9.63. The maximum absolute atomic E-state index is 12.9. The molecule has 0 bridgehead atoms. The number of anilines is 2. The van der Waals surface area contributed by atoms with Crippen LogP contribution in [0.5, 0.6) is 0 Å². The Morgan fingerprint density at radius 1 is 1.17 bits per heavy atom. The molecule has 1 saturated heterocycles. The van der Waals surface area contributed by atoms with Crippen molar-refractivity contribution < 1.29 is 13.2 Å². The lowest BCUT2D eigenvalue weighted by atomic mass is 9.87. The summed E-state index contributed by atoms with van der Waals surface area (Å²) in [5.41, 5.74) is 10.9. The van der Waals surface area contributed by atoms with Crippen LogP contribution in [0.2, 0.25) is 0 Å². The van der Waals surface area contributed by atoms with Crippen molar-refractivity contribution in [1.82, 2.24) is 5.32 Å². The topological polar surface area (TPSA) is 92.5 Å². The van der Waals surface area contributed by atoms with Crippen molar-refractivity contribution in [3.8, 4) is 0 Å². The van der Waals surface area contributed by atoms with Crippen LogP contribution in [0.1, 0.15) is 52.4 Å². The Morgan fingerprint density at radius 2 is 1.97 bits per heavy atom. The van der Waals surface area contributed by atoms with Crippen LogP contribution in [0.25, 0.3) is 0 Å². The number of nitrogens with zero attached hydrogens (tertiary/aromatic N) is 1. The molecule has 1 heterocycles. The predicted octanol–water partition coefficient (Wildman–Crippen LogP) is 3.35. The van der Waals surface area contributed by atoms with Crippen molar-refractivity contribution in [2.45, 2.75) is 38.6 Å². The highest BCUT2D eigenvalue weighted by atomic mass is 35.5. The Kier molecular flexibility index (Phi) is 6.10. The number of rotatable bonds is 3. The first-order valence-corrected chi connectivity index (χ1v) is 11.3. The number of halogens is 1. The normalized spacial score (nSPS) is 19.9. The first kappa shape index (κ1) is 21.5. The van der Waals surface area contributed by atoms with Gasteiger partial charge in [0.15, 0.2) is 0 Å². The van der Waals surface area contributed by atoms with Gasteiger partial charge in [-0.2, -0.15) is 0 Å². The molecule has 1 aliphatic heterocycles. The lowest BCUT2D eigenvalue weighted by Crippen LogP contribution is -2.31. The highest BCUT2D eigenvalue weighted by Crippen LogP contribution is 2.32. The van der Waals surface area contributed by atoms with E-state index in [2.05, 4.69) is 5.32 Å². The minimum absolute atomic E-state index is 0. The first-order valence-electron chi connectivity index (χ1n) is 9.65. The van der Waals surface area contributed by atoms with Crippen molar-refractivity contribution in [3.05, 3.63) is 58.7 Å². The molecular formula is C21H26ClN3O3S. The minimum Gasteiger partial charge on any atom is -0.399 e. The van der Waals surface area contributed by atoms with E-state index in [1.807, 2.05) is 25.1 Å². The molecule has 0 aromatic heterocycles. The molecule has 156 valence electrons. The van der Waals surface area contributed by atoms with Crippen LogP contribution in [-0.4, -0.2) is 26.6 Å². The molecule has 1 atom stereocenters. The van der Waals surface area contributed by atoms with Crippen molar-refractivity contribution in [1.29, 1.82) is 0 Å². The summed E-state index contributed by atoms with van der Waals surface area (Å²) in [5, 5.41) is 3.15. The van der Waals surface area contributed by atoms with Gasteiger partial charge in [-0.3, -0.25) is 9.10 Å². The molecule has 4 rings (SSSR count). The van der Waals surface area contributed by atoms with Crippen LogP contribution in [-0.2, 0) is 16.4 Å². The van der Waals surface area contributed by atoms with Gasteiger partial charge in [0.25, 0.3) is 5.91 Å². The number of hydrogen-bond acceptors (Lipinski definition) is 4. The number of nitrogen functional groups attached to an aromatic ring is 1. The molecule has 0 spiro atoms. The fourth-order valence-electron chi connectivity index (χ4n) is 4.21. The van der Waals surface area contributed by atoms with Crippen LogP contribution in [0.4, 0.5) is 11.4 Å². The first-order chi connectivity index (χ1) is 13.3. The van der Waals surface area contributed by atoms with Crippen molar-refractivity contribution in [2.24, 2.45) is 0 Å². The van der Waals surface area contributed by atoms with Gasteiger partial charge in [0.2, 0.25) is 10.0 Å². The van der Waals surface area contributed by atoms with E-state index in [4.69, 9.17) is 5.73 Å². The highest BCUT2D eigenvalue weighted by Gasteiger charge is 2.29. The fourth-order valence-corrected chi connectivity index (χ4v) is 5.76. The van der Waals surface area contributed by atoms with Crippen LogP contribution in [0.3, 0.4) is 0 Å². The molecule has 2 aromatic rings. The third-order valence-electron chi connectivity index (χ3n) is 5.63. The summed E-state index contributed by atoms with van der Waals surface area (Å²) in [6, 6.07) is 11.1. The molecule has 1 fully saturated rings. The summed E-state index contributed by atoms with van der Waals surface area (Å²) < 4.78 is 25.7. The zero-order chi connectivity index (χ0) is 19.9. The summed E-state index contributed by atoms with van der Waals surface area (Å²) in [7, 11) is -3.23. The number of nitrogens with two attached hydrogens (primary N) is 1. The molecule has 0 saturated carbocycles. The van der Waals surface area contributed by atoms with Crippen molar-refractivity contribution in [3.63, 3.8) is 0 Å². The van der Waals surface area contributed by atoms with Crippen LogP contribution in [0, 0.1) is 6.92 Å². The molecule has 2 aliphatic rings. The lowest BCUT2D eigenvalue weighted by molar-refractivity contribution is 0.0932. The van der Waals surface area contributed by atoms with Gasteiger partial charge in [0.1, 0.15) is 0 Å². The van der Waals surface area contributed by atoms with Crippen LogP contribution < -0.4 is 15.4 Å². The molecule has 0 radical (unpaired) electrons. The average molecular weight is 436 g/mol.